The smallest absolute Gasteiger partial charge is 0.124 e. The molecule has 5 heteroatoms. The molecule has 0 saturated carbocycles. The van der Waals surface area contributed by atoms with Gasteiger partial charge in [0.15, 0.2) is 0 Å². The molecule has 0 amide bonds. The maximum absolute atomic E-state index is 9.88. The van der Waals surface area contributed by atoms with Gasteiger partial charge in [-0.25, -0.2) is 0 Å². The molecule has 21 heavy (non-hydrogen) atoms. The van der Waals surface area contributed by atoms with Crippen LogP contribution in [-0.2, 0) is 0 Å². The van der Waals surface area contributed by atoms with Crippen LogP contribution in [0.25, 0.3) is 0 Å². The first-order valence-corrected chi connectivity index (χ1v) is 8.18. The third kappa shape index (κ3) is 3.77. The Kier molecular flexibility index (Phi) is 5.66. The van der Waals surface area contributed by atoms with Crippen LogP contribution < -0.4 is 10.1 Å². The predicted molar refractivity (Wildman–Crippen MR) is 88.7 cm³/mol. The summed E-state index contributed by atoms with van der Waals surface area (Å²) in [5.41, 5.74) is 0.903. The lowest BCUT2D eigenvalue weighted by Gasteiger charge is -2.43. The van der Waals surface area contributed by atoms with E-state index in [0.29, 0.717) is 0 Å². The molecule has 0 aliphatic carbocycles. The van der Waals surface area contributed by atoms with Crippen LogP contribution in [0.3, 0.4) is 0 Å². The van der Waals surface area contributed by atoms with Crippen molar-refractivity contribution in [2.24, 2.45) is 5.41 Å². The Morgan fingerprint density at radius 3 is 2.62 bits per heavy atom. The minimum absolute atomic E-state index is 0.132. The molecule has 1 aromatic rings. The van der Waals surface area contributed by atoms with Crippen molar-refractivity contribution in [2.75, 3.05) is 39.9 Å². The maximum atomic E-state index is 9.88. The molecule has 2 rings (SSSR count). The van der Waals surface area contributed by atoms with Gasteiger partial charge in [0, 0.05) is 54.3 Å². The number of halogens is 1. The topological polar surface area (TPSA) is 44.7 Å². The van der Waals surface area contributed by atoms with Gasteiger partial charge in [-0.1, -0.05) is 35.8 Å². The summed E-state index contributed by atoms with van der Waals surface area (Å²) in [6.45, 7) is 8.29. The van der Waals surface area contributed by atoms with Crippen molar-refractivity contribution in [2.45, 2.75) is 19.9 Å². The van der Waals surface area contributed by atoms with E-state index in [-0.39, 0.29) is 18.1 Å². The lowest BCUT2D eigenvalue weighted by molar-refractivity contribution is 0.0292. The molecule has 2 N–H and O–H groups in total. The van der Waals surface area contributed by atoms with Crippen molar-refractivity contribution in [1.82, 2.24) is 10.2 Å². The summed E-state index contributed by atoms with van der Waals surface area (Å²) >= 11 is 3.50. The van der Waals surface area contributed by atoms with Crippen LogP contribution in [0.2, 0.25) is 0 Å². The van der Waals surface area contributed by atoms with E-state index in [0.717, 1.165) is 42.0 Å². The van der Waals surface area contributed by atoms with Crippen LogP contribution in [-0.4, -0.2) is 49.9 Å². The normalized spacial score (nSPS) is 18.5. The highest BCUT2D eigenvalue weighted by atomic mass is 79.9. The van der Waals surface area contributed by atoms with Gasteiger partial charge in [-0.2, -0.15) is 0 Å². The minimum Gasteiger partial charge on any atom is -0.496 e. The second kappa shape index (κ2) is 7.09. The number of piperazine rings is 1. The van der Waals surface area contributed by atoms with Gasteiger partial charge in [0.1, 0.15) is 5.75 Å². The molecule has 1 aromatic carbocycles. The monoisotopic (exact) mass is 356 g/mol. The van der Waals surface area contributed by atoms with E-state index in [9.17, 15) is 5.11 Å². The molecule has 0 unspecified atom stereocenters. The van der Waals surface area contributed by atoms with E-state index in [1.54, 1.807) is 7.11 Å². The second-order valence-corrected chi connectivity index (χ2v) is 7.14. The minimum atomic E-state index is -0.238. The maximum Gasteiger partial charge on any atom is 0.124 e. The zero-order valence-corrected chi connectivity index (χ0v) is 14.6. The highest BCUT2D eigenvalue weighted by Gasteiger charge is 2.37. The van der Waals surface area contributed by atoms with E-state index in [4.69, 9.17) is 4.74 Å². The molecule has 1 aliphatic rings. The Morgan fingerprint density at radius 1 is 1.38 bits per heavy atom. The summed E-state index contributed by atoms with van der Waals surface area (Å²) in [4.78, 5) is 2.44. The fourth-order valence-electron chi connectivity index (χ4n) is 3.05. The Hall–Kier alpha value is -0.620. The Bertz CT molecular complexity index is 473. The quantitative estimate of drug-likeness (QED) is 0.850. The molecule has 1 aliphatic heterocycles. The molecule has 1 heterocycles. The van der Waals surface area contributed by atoms with Crippen LogP contribution in [0, 0.1) is 5.41 Å². The van der Waals surface area contributed by atoms with Gasteiger partial charge in [0.2, 0.25) is 0 Å². The number of benzene rings is 1. The van der Waals surface area contributed by atoms with Gasteiger partial charge in [-0.3, -0.25) is 4.90 Å². The average molecular weight is 357 g/mol. The Morgan fingerprint density at radius 2 is 2.05 bits per heavy atom. The molecule has 1 atom stereocenters. The van der Waals surface area contributed by atoms with E-state index in [2.05, 4.69) is 46.1 Å². The number of nitrogens with zero attached hydrogens (tertiary/aromatic N) is 1. The summed E-state index contributed by atoms with van der Waals surface area (Å²) in [5, 5.41) is 13.3. The van der Waals surface area contributed by atoms with E-state index >= 15 is 0 Å². The second-order valence-electron chi connectivity index (χ2n) is 6.22. The number of hydrogen-bond acceptors (Lipinski definition) is 4. The zero-order chi connectivity index (χ0) is 15.5. The fraction of sp³-hybridized carbons (Fsp3) is 0.625. The molecule has 0 bridgehead atoms. The molecule has 0 radical (unpaired) electrons. The molecule has 1 saturated heterocycles. The molecule has 118 valence electrons. The molecular formula is C16H25BrN2O2. The molecular weight excluding hydrogens is 332 g/mol. The van der Waals surface area contributed by atoms with Gasteiger partial charge in [-0.15, -0.1) is 0 Å². The van der Waals surface area contributed by atoms with Crippen molar-refractivity contribution in [1.29, 1.82) is 0 Å². The Labute approximate surface area is 135 Å². The summed E-state index contributed by atoms with van der Waals surface area (Å²) in [5.74, 6) is 0.870. The fourth-order valence-corrected chi connectivity index (χ4v) is 3.39. The lowest BCUT2D eigenvalue weighted by atomic mass is 9.79. The van der Waals surface area contributed by atoms with Crippen LogP contribution in [0.15, 0.2) is 22.7 Å². The summed E-state index contributed by atoms with van der Waals surface area (Å²) in [7, 11) is 1.70. The third-order valence-corrected chi connectivity index (χ3v) is 4.65. The number of rotatable bonds is 5. The van der Waals surface area contributed by atoms with E-state index < -0.39 is 0 Å². The van der Waals surface area contributed by atoms with Gasteiger partial charge >= 0.3 is 0 Å². The van der Waals surface area contributed by atoms with Gasteiger partial charge in [-0.05, 0) is 12.1 Å². The van der Waals surface area contributed by atoms with Gasteiger partial charge in [0.05, 0.1) is 7.11 Å². The van der Waals surface area contributed by atoms with Crippen molar-refractivity contribution in [3.05, 3.63) is 28.2 Å². The number of nitrogens with one attached hydrogen (secondary N) is 1. The van der Waals surface area contributed by atoms with Crippen LogP contribution in [0.1, 0.15) is 25.5 Å². The Balaban J connectivity index is 2.43. The van der Waals surface area contributed by atoms with Gasteiger partial charge in [0.25, 0.3) is 0 Å². The summed E-state index contributed by atoms with van der Waals surface area (Å²) in [6, 6.07) is 6.28. The molecule has 4 nitrogen and oxygen atoms in total. The number of aliphatic hydroxyl groups excluding tert-OH is 1. The van der Waals surface area contributed by atoms with Crippen molar-refractivity contribution >= 4 is 15.9 Å². The summed E-state index contributed by atoms with van der Waals surface area (Å²) in [6.07, 6.45) is 0. The number of aliphatic hydroxyl groups is 1. The molecule has 1 fully saturated rings. The highest BCUT2D eigenvalue weighted by molar-refractivity contribution is 9.10. The first-order chi connectivity index (χ1) is 9.99. The SMILES string of the molecule is COc1cc(Br)ccc1[C@@H](N1CCNCC1)C(C)(C)CO. The number of methoxy groups -OCH3 is 1. The van der Waals surface area contributed by atoms with Gasteiger partial charge < -0.3 is 15.2 Å². The molecule has 0 spiro atoms. The average Bonchev–Trinajstić information content (AvgIpc) is 2.50. The number of ether oxygens (including phenoxy) is 1. The van der Waals surface area contributed by atoms with E-state index in [1.165, 1.54) is 0 Å². The highest BCUT2D eigenvalue weighted by Crippen LogP contribution is 2.42. The molecule has 0 aromatic heterocycles. The van der Waals surface area contributed by atoms with Crippen molar-refractivity contribution in [3.8, 4) is 5.75 Å². The first-order valence-electron chi connectivity index (χ1n) is 7.38. The third-order valence-electron chi connectivity index (χ3n) is 4.15. The van der Waals surface area contributed by atoms with Crippen LogP contribution >= 0.6 is 15.9 Å². The predicted octanol–water partition coefficient (Wildman–Crippen LogP) is 2.42. The van der Waals surface area contributed by atoms with Crippen molar-refractivity contribution < 1.29 is 9.84 Å². The van der Waals surface area contributed by atoms with Crippen molar-refractivity contribution in [3.63, 3.8) is 0 Å². The van der Waals surface area contributed by atoms with Crippen LogP contribution in [0.4, 0.5) is 0 Å². The largest absolute Gasteiger partial charge is 0.496 e. The zero-order valence-electron chi connectivity index (χ0n) is 13.0. The summed E-state index contributed by atoms with van der Waals surface area (Å²) < 4.78 is 6.59. The lowest BCUT2D eigenvalue weighted by Crippen LogP contribution is -2.49. The number of hydrogen-bond donors (Lipinski definition) is 2. The van der Waals surface area contributed by atoms with E-state index in [1.807, 2.05) is 12.1 Å². The standard InChI is InChI=1S/C16H25BrN2O2/c1-16(2,11-20)15(19-8-6-18-7-9-19)13-5-4-12(17)10-14(13)21-3/h4-5,10,15,18,20H,6-9,11H2,1-3H3/t15-/m1/s1. The van der Waals surface area contributed by atoms with Crippen LogP contribution in [0.5, 0.6) is 5.75 Å². The first kappa shape index (κ1) is 16.7.